The van der Waals surface area contributed by atoms with E-state index in [1.54, 1.807) is 52.3 Å². The Morgan fingerprint density at radius 3 is 2.22 bits per heavy atom. The SMILES string of the molecule is CC(Cc1ccccc1F)C(=O)N1CCN(C(=O)c2ccc(Cl)cc2)CC1. The number of halogens is 2. The van der Waals surface area contributed by atoms with E-state index < -0.39 is 0 Å². The molecule has 0 aromatic heterocycles. The molecule has 0 spiro atoms. The van der Waals surface area contributed by atoms with Gasteiger partial charge in [0.05, 0.1) is 0 Å². The van der Waals surface area contributed by atoms with Crippen molar-refractivity contribution in [2.24, 2.45) is 5.92 Å². The highest BCUT2D eigenvalue weighted by Crippen LogP contribution is 2.17. The summed E-state index contributed by atoms with van der Waals surface area (Å²) in [6.07, 6.45) is 0.370. The molecule has 27 heavy (non-hydrogen) atoms. The molecule has 1 aliphatic rings. The number of benzene rings is 2. The van der Waals surface area contributed by atoms with E-state index in [-0.39, 0.29) is 23.5 Å². The molecule has 1 unspecified atom stereocenters. The molecule has 6 heteroatoms. The van der Waals surface area contributed by atoms with Gasteiger partial charge in [0, 0.05) is 42.7 Å². The maximum Gasteiger partial charge on any atom is 0.253 e. The van der Waals surface area contributed by atoms with Crippen LogP contribution in [0.4, 0.5) is 4.39 Å². The summed E-state index contributed by atoms with van der Waals surface area (Å²) in [6.45, 7) is 3.76. The van der Waals surface area contributed by atoms with Gasteiger partial charge in [-0.1, -0.05) is 36.7 Å². The maximum absolute atomic E-state index is 13.8. The van der Waals surface area contributed by atoms with Crippen LogP contribution in [0.25, 0.3) is 0 Å². The first kappa shape index (κ1) is 19.4. The molecule has 4 nitrogen and oxygen atoms in total. The normalized spacial score (nSPS) is 15.5. The molecule has 2 aromatic carbocycles. The highest BCUT2D eigenvalue weighted by atomic mass is 35.5. The van der Waals surface area contributed by atoms with Crippen molar-refractivity contribution in [3.05, 3.63) is 70.5 Å². The van der Waals surface area contributed by atoms with Gasteiger partial charge in [-0.15, -0.1) is 0 Å². The second-order valence-corrected chi connectivity index (χ2v) is 7.26. The average molecular weight is 389 g/mol. The van der Waals surface area contributed by atoms with Crippen molar-refractivity contribution in [1.29, 1.82) is 0 Å². The third-order valence-electron chi connectivity index (χ3n) is 4.88. The molecule has 1 fully saturated rings. The Labute approximate surface area is 163 Å². The number of hydrogen-bond donors (Lipinski definition) is 0. The van der Waals surface area contributed by atoms with E-state index >= 15 is 0 Å². The largest absolute Gasteiger partial charge is 0.339 e. The first-order chi connectivity index (χ1) is 13.0. The van der Waals surface area contributed by atoms with Crippen LogP contribution in [-0.4, -0.2) is 47.8 Å². The fraction of sp³-hybridized carbons (Fsp3) is 0.333. The van der Waals surface area contributed by atoms with E-state index in [1.165, 1.54) is 6.07 Å². The Morgan fingerprint density at radius 1 is 1.00 bits per heavy atom. The van der Waals surface area contributed by atoms with Gasteiger partial charge < -0.3 is 9.80 Å². The van der Waals surface area contributed by atoms with E-state index in [1.807, 2.05) is 6.92 Å². The first-order valence-corrected chi connectivity index (χ1v) is 9.40. The zero-order chi connectivity index (χ0) is 19.4. The van der Waals surface area contributed by atoms with E-state index in [4.69, 9.17) is 11.6 Å². The number of hydrogen-bond acceptors (Lipinski definition) is 2. The number of carbonyl (C=O) groups is 2. The Bertz CT molecular complexity index is 817. The van der Waals surface area contributed by atoms with Crippen LogP contribution in [0.1, 0.15) is 22.8 Å². The van der Waals surface area contributed by atoms with E-state index in [0.717, 1.165) is 0 Å². The molecular weight excluding hydrogens is 367 g/mol. The first-order valence-electron chi connectivity index (χ1n) is 9.02. The molecule has 0 aliphatic carbocycles. The summed E-state index contributed by atoms with van der Waals surface area (Å²) in [7, 11) is 0. The van der Waals surface area contributed by atoms with Crippen LogP contribution in [-0.2, 0) is 11.2 Å². The van der Waals surface area contributed by atoms with Crippen molar-refractivity contribution < 1.29 is 14.0 Å². The van der Waals surface area contributed by atoms with E-state index in [2.05, 4.69) is 0 Å². The fourth-order valence-corrected chi connectivity index (χ4v) is 3.42. The smallest absolute Gasteiger partial charge is 0.253 e. The van der Waals surface area contributed by atoms with Gasteiger partial charge in [0.2, 0.25) is 5.91 Å². The van der Waals surface area contributed by atoms with Crippen molar-refractivity contribution >= 4 is 23.4 Å². The minimum absolute atomic E-state index is 0.00292. The zero-order valence-electron chi connectivity index (χ0n) is 15.2. The third-order valence-corrected chi connectivity index (χ3v) is 5.13. The predicted octanol–water partition coefficient (Wildman–Crippen LogP) is 3.64. The molecule has 0 saturated carbocycles. The van der Waals surface area contributed by atoms with Crippen LogP contribution < -0.4 is 0 Å². The highest BCUT2D eigenvalue weighted by Gasteiger charge is 2.27. The van der Waals surface area contributed by atoms with Crippen molar-refractivity contribution in [2.75, 3.05) is 26.2 Å². The van der Waals surface area contributed by atoms with Crippen LogP contribution in [0.5, 0.6) is 0 Å². The Hall–Kier alpha value is -2.40. The minimum Gasteiger partial charge on any atom is -0.339 e. The van der Waals surface area contributed by atoms with Crippen LogP contribution >= 0.6 is 11.6 Å². The van der Waals surface area contributed by atoms with Gasteiger partial charge in [-0.25, -0.2) is 4.39 Å². The molecule has 1 saturated heterocycles. The molecule has 1 atom stereocenters. The fourth-order valence-electron chi connectivity index (χ4n) is 3.30. The summed E-state index contributed by atoms with van der Waals surface area (Å²) >= 11 is 5.86. The van der Waals surface area contributed by atoms with Gasteiger partial charge in [-0.05, 0) is 42.3 Å². The summed E-state index contributed by atoms with van der Waals surface area (Å²) < 4.78 is 13.8. The summed E-state index contributed by atoms with van der Waals surface area (Å²) in [5.41, 5.74) is 1.14. The quantitative estimate of drug-likeness (QED) is 0.802. The van der Waals surface area contributed by atoms with Gasteiger partial charge in [0.15, 0.2) is 0 Å². The maximum atomic E-state index is 13.8. The summed E-state index contributed by atoms with van der Waals surface area (Å²) in [4.78, 5) is 28.7. The second kappa shape index (κ2) is 8.53. The number of rotatable bonds is 4. The lowest BCUT2D eigenvalue weighted by atomic mass is 9.99. The van der Waals surface area contributed by atoms with Gasteiger partial charge in [-0.3, -0.25) is 9.59 Å². The number of nitrogens with zero attached hydrogens (tertiary/aromatic N) is 2. The number of amides is 2. The van der Waals surface area contributed by atoms with E-state index in [0.29, 0.717) is 48.7 Å². The molecule has 142 valence electrons. The van der Waals surface area contributed by atoms with Crippen LogP contribution in [0.15, 0.2) is 48.5 Å². The monoisotopic (exact) mass is 388 g/mol. The molecule has 0 radical (unpaired) electrons. The Morgan fingerprint density at radius 2 is 1.59 bits per heavy atom. The lowest BCUT2D eigenvalue weighted by molar-refractivity contribution is -0.136. The molecule has 1 heterocycles. The van der Waals surface area contributed by atoms with Gasteiger partial charge in [0.1, 0.15) is 5.82 Å². The lowest BCUT2D eigenvalue weighted by Crippen LogP contribution is -2.51. The third kappa shape index (κ3) is 4.66. The topological polar surface area (TPSA) is 40.6 Å². The second-order valence-electron chi connectivity index (χ2n) is 6.82. The van der Waals surface area contributed by atoms with Gasteiger partial charge >= 0.3 is 0 Å². The summed E-state index contributed by atoms with van der Waals surface area (Å²) in [6, 6.07) is 13.3. The van der Waals surface area contributed by atoms with Crippen LogP contribution in [0.2, 0.25) is 5.02 Å². The number of piperazine rings is 1. The van der Waals surface area contributed by atoms with Crippen molar-refractivity contribution in [3.8, 4) is 0 Å². The van der Waals surface area contributed by atoms with Crippen molar-refractivity contribution in [3.63, 3.8) is 0 Å². The number of carbonyl (C=O) groups excluding carboxylic acids is 2. The van der Waals surface area contributed by atoms with Crippen LogP contribution in [0.3, 0.4) is 0 Å². The molecular formula is C21H22ClFN2O2. The Balaban J connectivity index is 1.55. The van der Waals surface area contributed by atoms with Crippen molar-refractivity contribution in [2.45, 2.75) is 13.3 Å². The summed E-state index contributed by atoms with van der Waals surface area (Å²) in [5.74, 6) is -0.647. The van der Waals surface area contributed by atoms with E-state index in [9.17, 15) is 14.0 Å². The molecule has 0 bridgehead atoms. The average Bonchev–Trinajstić information content (AvgIpc) is 2.69. The van der Waals surface area contributed by atoms with Crippen LogP contribution in [0, 0.1) is 11.7 Å². The van der Waals surface area contributed by atoms with Gasteiger partial charge in [0.25, 0.3) is 5.91 Å². The Kier molecular flexibility index (Phi) is 6.11. The molecule has 0 N–H and O–H groups in total. The minimum atomic E-state index is -0.305. The lowest BCUT2D eigenvalue weighted by Gasteiger charge is -2.36. The van der Waals surface area contributed by atoms with Crippen molar-refractivity contribution in [1.82, 2.24) is 9.80 Å². The molecule has 2 aromatic rings. The standard InChI is InChI=1S/C21H22ClFN2O2/c1-15(14-17-4-2-3-5-19(17)23)20(26)24-10-12-25(13-11-24)21(27)16-6-8-18(22)9-7-16/h2-9,15H,10-14H2,1H3. The molecule has 2 amide bonds. The predicted molar refractivity (Wildman–Crippen MR) is 103 cm³/mol. The molecule has 1 aliphatic heterocycles. The molecule has 3 rings (SSSR count). The van der Waals surface area contributed by atoms with Gasteiger partial charge in [-0.2, -0.15) is 0 Å². The highest BCUT2D eigenvalue weighted by molar-refractivity contribution is 6.30. The zero-order valence-corrected chi connectivity index (χ0v) is 16.0. The summed E-state index contributed by atoms with van der Waals surface area (Å²) in [5, 5.41) is 0.589.